The van der Waals surface area contributed by atoms with Crippen LogP contribution in [0.1, 0.15) is 16.1 Å². The van der Waals surface area contributed by atoms with E-state index in [1.807, 2.05) is 23.9 Å². The van der Waals surface area contributed by atoms with E-state index in [0.29, 0.717) is 33.3 Å². The Hall–Kier alpha value is -3.32. The number of aromatic nitrogens is 1. The molecular formula is C22H20ClFN4O2. The first-order chi connectivity index (χ1) is 14.3. The van der Waals surface area contributed by atoms with Gasteiger partial charge in [0.1, 0.15) is 12.5 Å². The van der Waals surface area contributed by atoms with Crippen LogP contribution in [0.3, 0.4) is 0 Å². The molecule has 2 aromatic carbocycles. The van der Waals surface area contributed by atoms with Gasteiger partial charge in [-0.15, -0.1) is 0 Å². The quantitative estimate of drug-likeness (QED) is 0.678. The number of amides is 1. The highest BCUT2D eigenvalue weighted by molar-refractivity contribution is 6.31. The molecule has 0 radical (unpaired) electrons. The molecule has 1 amide bonds. The molecule has 6 nitrogen and oxygen atoms in total. The molecule has 0 unspecified atom stereocenters. The van der Waals surface area contributed by atoms with Gasteiger partial charge in [0.05, 0.1) is 28.3 Å². The van der Waals surface area contributed by atoms with Crippen LogP contribution in [0.4, 0.5) is 27.1 Å². The van der Waals surface area contributed by atoms with Gasteiger partial charge in [0.25, 0.3) is 5.91 Å². The van der Waals surface area contributed by atoms with Gasteiger partial charge < -0.3 is 14.8 Å². The predicted octanol–water partition coefficient (Wildman–Crippen LogP) is 4.30. The summed E-state index contributed by atoms with van der Waals surface area (Å²) in [6.07, 6.45) is 0. The molecule has 0 atom stereocenters. The lowest BCUT2D eigenvalue weighted by Crippen LogP contribution is -2.45. The van der Waals surface area contributed by atoms with Crippen LogP contribution in [0.2, 0.25) is 5.02 Å². The number of nitrogens with zero attached hydrogens (tertiary/aromatic N) is 3. The fraction of sp³-hybridized carbons (Fsp3) is 0.182. The van der Waals surface area contributed by atoms with Crippen molar-refractivity contribution >= 4 is 40.3 Å². The summed E-state index contributed by atoms with van der Waals surface area (Å²) in [6, 6.07) is 12.7. The Labute approximate surface area is 178 Å². The van der Waals surface area contributed by atoms with E-state index < -0.39 is 0 Å². The molecule has 0 aliphatic carbocycles. The highest BCUT2D eigenvalue weighted by atomic mass is 35.5. The van der Waals surface area contributed by atoms with E-state index in [4.69, 9.17) is 11.6 Å². The van der Waals surface area contributed by atoms with Gasteiger partial charge in [0, 0.05) is 30.9 Å². The van der Waals surface area contributed by atoms with Gasteiger partial charge >= 0.3 is 0 Å². The zero-order valence-electron chi connectivity index (χ0n) is 16.7. The molecule has 3 aromatic rings. The molecule has 154 valence electrons. The number of carbonyl (C=O) groups is 1. The minimum Gasteiger partial charge on any atom is -0.376 e. The summed E-state index contributed by atoms with van der Waals surface area (Å²) in [4.78, 5) is 33.1. The highest BCUT2D eigenvalue weighted by Crippen LogP contribution is 2.41. The lowest BCUT2D eigenvalue weighted by Gasteiger charge is -2.39. The Bertz CT molecular complexity index is 1210. The van der Waals surface area contributed by atoms with Crippen molar-refractivity contribution in [3.8, 4) is 0 Å². The summed E-state index contributed by atoms with van der Waals surface area (Å²) < 4.78 is 14.0. The van der Waals surface area contributed by atoms with E-state index in [-0.39, 0.29) is 24.0 Å². The van der Waals surface area contributed by atoms with E-state index >= 15 is 0 Å². The number of hydrogen-bond acceptors (Lipinski definition) is 4. The van der Waals surface area contributed by atoms with Crippen molar-refractivity contribution in [3.05, 3.63) is 81.0 Å². The van der Waals surface area contributed by atoms with Crippen molar-refractivity contribution in [3.63, 3.8) is 0 Å². The second-order valence-electron chi connectivity index (χ2n) is 7.32. The normalized spacial score (nSPS) is 13.4. The zero-order chi connectivity index (χ0) is 21.6. The van der Waals surface area contributed by atoms with Crippen molar-refractivity contribution in [2.24, 2.45) is 0 Å². The third kappa shape index (κ3) is 3.41. The molecule has 1 N–H and O–H groups in total. The van der Waals surface area contributed by atoms with Crippen LogP contribution in [-0.2, 0) is 0 Å². The van der Waals surface area contributed by atoms with Crippen molar-refractivity contribution < 1.29 is 9.18 Å². The van der Waals surface area contributed by atoms with E-state index in [0.717, 1.165) is 5.69 Å². The molecule has 0 spiro atoms. The summed E-state index contributed by atoms with van der Waals surface area (Å²) in [5.41, 5.74) is 3.44. The second-order valence-corrected chi connectivity index (χ2v) is 7.76. The largest absolute Gasteiger partial charge is 0.376 e. The maximum Gasteiger partial charge on any atom is 0.261 e. The van der Waals surface area contributed by atoms with Crippen molar-refractivity contribution in [1.29, 1.82) is 0 Å². The van der Waals surface area contributed by atoms with E-state index in [1.54, 1.807) is 42.2 Å². The number of fused-ring (bicyclic) bond motifs is 1. The van der Waals surface area contributed by atoms with E-state index in [2.05, 4.69) is 4.98 Å². The number of H-pyrrole nitrogens is 1. The number of nitrogens with one attached hydrogen (secondary N) is 1. The minimum atomic E-state index is -0.347. The first kappa shape index (κ1) is 20.0. The molecule has 8 heteroatoms. The van der Waals surface area contributed by atoms with Crippen LogP contribution in [0, 0.1) is 12.7 Å². The third-order valence-corrected chi connectivity index (χ3v) is 5.33. The number of carbonyl (C=O) groups excluding carboxylic acids is 1. The van der Waals surface area contributed by atoms with Gasteiger partial charge in [-0.05, 0) is 49.4 Å². The molecular weight excluding hydrogens is 407 g/mol. The number of benzene rings is 2. The monoisotopic (exact) mass is 426 g/mol. The van der Waals surface area contributed by atoms with Gasteiger partial charge in [0.15, 0.2) is 0 Å². The van der Waals surface area contributed by atoms with E-state index in [1.165, 1.54) is 18.2 Å². The smallest absolute Gasteiger partial charge is 0.261 e. The van der Waals surface area contributed by atoms with Crippen LogP contribution in [0.5, 0.6) is 0 Å². The lowest BCUT2D eigenvalue weighted by atomic mass is 10.1. The summed E-state index contributed by atoms with van der Waals surface area (Å²) in [5.74, 6) is -0.576. The van der Waals surface area contributed by atoms with Crippen LogP contribution >= 0.6 is 11.6 Å². The molecule has 0 saturated heterocycles. The number of aromatic amines is 1. The first-order valence-corrected chi connectivity index (χ1v) is 9.70. The fourth-order valence-electron chi connectivity index (χ4n) is 3.68. The number of pyridine rings is 1. The molecule has 30 heavy (non-hydrogen) atoms. The van der Waals surface area contributed by atoms with Crippen LogP contribution in [0.15, 0.2) is 53.3 Å². The molecule has 4 rings (SSSR count). The minimum absolute atomic E-state index is 0.187. The van der Waals surface area contributed by atoms with Gasteiger partial charge in [-0.25, -0.2) is 4.39 Å². The number of hydrogen-bond donors (Lipinski definition) is 1. The number of rotatable bonds is 3. The molecule has 1 aliphatic heterocycles. The standard InChI is InChI=1S/C22H20ClFN4O2/c1-13-17(8-9-21(29)25-13)28-12-27(18-6-4-14(23)10-16(18)22(28)30)19-7-5-15(24)11-20(19)26(2)3/h4-11H,12H2,1-3H3,(H,25,29). The van der Waals surface area contributed by atoms with Crippen LogP contribution < -0.4 is 20.3 Å². The van der Waals surface area contributed by atoms with Gasteiger partial charge in [-0.1, -0.05) is 11.6 Å². The average Bonchev–Trinajstić information content (AvgIpc) is 2.69. The number of aryl methyl sites for hydroxylation is 1. The molecule has 1 aromatic heterocycles. The highest BCUT2D eigenvalue weighted by Gasteiger charge is 2.33. The Morgan fingerprint density at radius 3 is 2.37 bits per heavy atom. The van der Waals surface area contributed by atoms with Gasteiger partial charge in [-0.3, -0.25) is 14.5 Å². The zero-order valence-corrected chi connectivity index (χ0v) is 17.5. The molecule has 2 heterocycles. The predicted molar refractivity (Wildman–Crippen MR) is 118 cm³/mol. The van der Waals surface area contributed by atoms with Gasteiger partial charge in [-0.2, -0.15) is 0 Å². The van der Waals surface area contributed by atoms with Crippen LogP contribution in [-0.4, -0.2) is 31.7 Å². The summed E-state index contributed by atoms with van der Waals surface area (Å²) in [5, 5.41) is 0.439. The number of anilines is 4. The topological polar surface area (TPSA) is 59.7 Å². The molecule has 0 fully saturated rings. The van der Waals surface area contributed by atoms with Crippen molar-refractivity contribution in [1.82, 2.24) is 4.98 Å². The molecule has 0 saturated carbocycles. The third-order valence-electron chi connectivity index (χ3n) is 5.10. The van der Waals surface area contributed by atoms with Gasteiger partial charge in [0.2, 0.25) is 5.56 Å². The van der Waals surface area contributed by atoms with Crippen LogP contribution in [0.25, 0.3) is 0 Å². The Morgan fingerprint density at radius 1 is 0.967 bits per heavy atom. The Balaban J connectivity index is 1.92. The first-order valence-electron chi connectivity index (χ1n) is 9.32. The SMILES string of the molecule is Cc1[nH]c(=O)ccc1N1CN(c2ccc(F)cc2N(C)C)c2ccc(Cl)cc2C1=O. The second kappa shape index (κ2) is 7.50. The number of halogens is 2. The summed E-state index contributed by atoms with van der Waals surface area (Å²) >= 11 is 6.19. The van der Waals surface area contributed by atoms with E-state index in [9.17, 15) is 14.0 Å². The molecule has 0 bridgehead atoms. The van der Waals surface area contributed by atoms with Crippen molar-refractivity contribution in [2.75, 3.05) is 35.5 Å². The molecule has 1 aliphatic rings. The Morgan fingerprint density at radius 2 is 1.67 bits per heavy atom. The maximum atomic E-state index is 14.0. The average molecular weight is 427 g/mol. The maximum absolute atomic E-state index is 14.0. The summed E-state index contributed by atoms with van der Waals surface area (Å²) in [6.45, 7) is 1.93. The lowest BCUT2D eigenvalue weighted by molar-refractivity contribution is 0.0983. The van der Waals surface area contributed by atoms with Crippen molar-refractivity contribution in [2.45, 2.75) is 6.92 Å². The Kier molecular flexibility index (Phi) is 4.99. The summed E-state index contributed by atoms with van der Waals surface area (Å²) in [7, 11) is 3.67. The fourth-order valence-corrected chi connectivity index (χ4v) is 3.85.